The van der Waals surface area contributed by atoms with Gasteiger partial charge in [-0.3, -0.25) is 0 Å². The summed E-state index contributed by atoms with van der Waals surface area (Å²) in [5, 5.41) is 10.5. The van der Waals surface area contributed by atoms with Gasteiger partial charge in [0.2, 0.25) is 0 Å². The Kier molecular flexibility index (Phi) is 5.67. The molecule has 0 spiro atoms. The second-order valence-electron chi connectivity index (χ2n) is 6.63. The maximum Gasteiger partial charge on any atom is 0.0797 e. The Labute approximate surface area is 118 Å². The van der Waals surface area contributed by atoms with Crippen LogP contribution in [0.5, 0.6) is 0 Å². The summed E-state index contributed by atoms with van der Waals surface area (Å²) in [6, 6.07) is 0.773. The highest BCUT2D eigenvalue weighted by Crippen LogP contribution is 2.37. The number of aliphatic hydroxyl groups is 1. The van der Waals surface area contributed by atoms with Crippen LogP contribution in [0.3, 0.4) is 0 Å². The lowest BCUT2D eigenvalue weighted by molar-refractivity contribution is 0.00289. The lowest BCUT2D eigenvalue weighted by Crippen LogP contribution is -2.43. The minimum atomic E-state index is -0.562. The van der Waals surface area contributed by atoms with Crippen LogP contribution in [0, 0.1) is 5.92 Å². The molecular formula is C16H32N2O. The molecule has 2 rings (SSSR count). The van der Waals surface area contributed by atoms with Gasteiger partial charge in [-0.2, -0.15) is 0 Å². The smallest absolute Gasteiger partial charge is 0.0797 e. The summed E-state index contributed by atoms with van der Waals surface area (Å²) in [6.07, 6.45) is 11.1. The van der Waals surface area contributed by atoms with Gasteiger partial charge in [-0.1, -0.05) is 26.2 Å². The van der Waals surface area contributed by atoms with Gasteiger partial charge < -0.3 is 15.7 Å². The van der Waals surface area contributed by atoms with Gasteiger partial charge in [-0.15, -0.1) is 0 Å². The van der Waals surface area contributed by atoms with E-state index in [0.717, 1.165) is 31.8 Å². The topological polar surface area (TPSA) is 49.5 Å². The van der Waals surface area contributed by atoms with E-state index in [-0.39, 0.29) is 0 Å². The molecule has 1 aliphatic carbocycles. The molecule has 3 unspecified atom stereocenters. The molecule has 1 saturated carbocycles. The van der Waals surface area contributed by atoms with Crippen LogP contribution in [0.1, 0.15) is 64.7 Å². The first-order valence-electron chi connectivity index (χ1n) is 8.36. The minimum absolute atomic E-state index is 0.429. The number of nitrogens with two attached hydrogens (primary N) is 1. The van der Waals surface area contributed by atoms with Gasteiger partial charge in [0.1, 0.15) is 0 Å². The molecule has 3 N–H and O–H groups in total. The summed E-state index contributed by atoms with van der Waals surface area (Å²) in [7, 11) is 0. The van der Waals surface area contributed by atoms with E-state index in [0.29, 0.717) is 12.5 Å². The maximum absolute atomic E-state index is 10.5. The van der Waals surface area contributed by atoms with Crippen molar-refractivity contribution in [3.8, 4) is 0 Å². The zero-order chi connectivity index (χ0) is 13.7. The number of hydrogen-bond acceptors (Lipinski definition) is 3. The average Bonchev–Trinajstić information content (AvgIpc) is 2.66. The molecule has 0 amide bonds. The summed E-state index contributed by atoms with van der Waals surface area (Å²) in [5.41, 5.74) is 5.22. The van der Waals surface area contributed by atoms with Gasteiger partial charge in [0.15, 0.2) is 0 Å². The molecule has 3 heteroatoms. The quantitative estimate of drug-likeness (QED) is 0.805. The lowest BCUT2D eigenvalue weighted by Gasteiger charge is -2.33. The minimum Gasteiger partial charge on any atom is -0.388 e. The largest absolute Gasteiger partial charge is 0.388 e. The predicted octanol–water partition coefficient (Wildman–Crippen LogP) is 2.52. The highest BCUT2D eigenvalue weighted by atomic mass is 16.3. The van der Waals surface area contributed by atoms with Crippen molar-refractivity contribution in [2.24, 2.45) is 11.7 Å². The Morgan fingerprint density at radius 3 is 2.79 bits per heavy atom. The van der Waals surface area contributed by atoms with E-state index in [1.807, 2.05) is 0 Å². The summed E-state index contributed by atoms with van der Waals surface area (Å²) in [6.45, 7) is 5.17. The van der Waals surface area contributed by atoms with E-state index in [1.165, 1.54) is 45.1 Å². The van der Waals surface area contributed by atoms with Crippen LogP contribution in [0.25, 0.3) is 0 Å². The molecule has 1 heterocycles. The van der Waals surface area contributed by atoms with Crippen molar-refractivity contribution in [2.75, 3.05) is 19.6 Å². The van der Waals surface area contributed by atoms with Crippen molar-refractivity contribution in [1.82, 2.24) is 4.90 Å². The number of nitrogens with zero attached hydrogens (tertiary/aromatic N) is 1. The summed E-state index contributed by atoms with van der Waals surface area (Å²) in [5.74, 6) is 0.429. The molecule has 0 bridgehead atoms. The molecule has 1 aliphatic heterocycles. The number of rotatable bonds is 5. The molecule has 2 fully saturated rings. The van der Waals surface area contributed by atoms with Crippen LogP contribution in [0.2, 0.25) is 0 Å². The fourth-order valence-electron chi connectivity index (χ4n) is 4.12. The molecule has 112 valence electrons. The Balaban J connectivity index is 1.86. The summed E-state index contributed by atoms with van der Waals surface area (Å²) >= 11 is 0. The number of hydrogen-bond donors (Lipinski definition) is 2. The standard InChI is InChI=1S/C16H32N2O/c1-2-15-8-4-3-5-11-18(15)12-9-14-7-6-10-16(14,19)13-17/h14-15,19H,2-13,17H2,1H3. The summed E-state index contributed by atoms with van der Waals surface area (Å²) < 4.78 is 0. The Bertz CT molecular complexity index is 271. The van der Waals surface area contributed by atoms with Crippen LogP contribution in [-0.4, -0.2) is 41.3 Å². The van der Waals surface area contributed by atoms with E-state index in [9.17, 15) is 5.11 Å². The Morgan fingerprint density at radius 2 is 2.05 bits per heavy atom. The first kappa shape index (κ1) is 15.3. The highest BCUT2D eigenvalue weighted by Gasteiger charge is 2.39. The molecule has 19 heavy (non-hydrogen) atoms. The van der Waals surface area contributed by atoms with Gasteiger partial charge in [0, 0.05) is 12.6 Å². The molecule has 1 saturated heterocycles. The molecule has 0 aromatic heterocycles. The van der Waals surface area contributed by atoms with E-state index in [2.05, 4.69) is 11.8 Å². The third kappa shape index (κ3) is 3.71. The van der Waals surface area contributed by atoms with Crippen LogP contribution >= 0.6 is 0 Å². The molecule has 2 aliphatic rings. The van der Waals surface area contributed by atoms with E-state index < -0.39 is 5.60 Å². The highest BCUT2D eigenvalue weighted by molar-refractivity contribution is 4.93. The van der Waals surface area contributed by atoms with Gasteiger partial charge in [-0.25, -0.2) is 0 Å². The average molecular weight is 268 g/mol. The van der Waals surface area contributed by atoms with Gasteiger partial charge in [0.25, 0.3) is 0 Å². The molecule has 0 aromatic carbocycles. The SMILES string of the molecule is CCC1CCCCCN1CCC1CCCC1(O)CN. The third-order valence-electron chi connectivity index (χ3n) is 5.51. The fraction of sp³-hybridized carbons (Fsp3) is 1.00. The monoisotopic (exact) mass is 268 g/mol. The number of likely N-dealkylation sites (tertiary alicyclic amines) is 1. The van der Waals surface area contributed by atoms with Crippen molar-refractivity contribution in [3.05, 3.63) is 0 Å². The first-order chi connectivity index (χ1) is 9.19. The molecule has 0 aromatic rings. The maximum atomic E-state index is 10.5. The van der Waals surface area contributed by atoms with Crippen molar-refractivity contribution in [1.29, 1.82) is 0 Å². The van der Waals surface area contributed by atoms with Gasteiger partial charge >= 0.3 is 0 Å². The summed E-state index contributed by atoms with van der Waals surface area (Å²) in [4.78, 5) is 2.68. The van der Waals surface area contributed by atoms with E-state index >= 15 is 0 Å². The predicted molar refractivity (Wildman–Crippen MR) is 80.1 cm³/mol. The van der Waals surface area contributed by atoms with Crippen molar-refractivity contribution in [2.45, 2.75) is 76.4 Å². The Hall–Kier alpha value is -0.120. The van der Waals surface area contributed by atoms with Crippen LogP contribution in [-0.2, 0) is 0 Å². The van der Waals surface area contributed by atoms with Crippen molar-refractivity contribution in [3.63, 3.8) is 0 Å². The first-order valence-corrected chi connectivity index (χ1v) is 8.36. The molecular weight excluding hydrogens is 236 g/mol. The second-order valence-corrected chi connectivity index (χ2v) is 6.63. The van der Waals surface area contributed by atoms with Crippen molar-refractivity contribution < 1.29 is 5.11 Å². The second kappa shape index (κ2) is 7.05. The zero-order valence-electron chi connectivity index (χ0n) is 12.6. The zero-order valence-corrected chi connectivity index (χ0v) is 12.6. The molecule has 3 atom stereocenters. The van der Waals surface area contributed by atoms with Gasteiger partial charge in [-0.05, 0) is 57.5 Å². The van der Waals surface area contributed by atoms with Crippen molar-refractivity contribution >= 4 is 0 Å². The van der Waals surface area contributed by atoms with E-state index in [1.54, 1.807) is 0 Å². The normalized spacial score (nSPS) is 37.4. The molecule has 0 radical (unpaired) electrons. The van der Waals surface area contributed by atoms with Gasteiger partial charge in [0.05, 0.1) is 5.60 Å². The fourth-order valence-corrected chi connectivity index (χ4v) is 4.12. The van der Waals surface area contributed by atoms with Crippen LogP contribution < -0.4 is 5.73 Å². The lowest BCUT2D eigenvalue weighted by atomic mass is 9.88. The Morgan fingerprint density at radius 1 is 1.21 bits per heavy atom. The third-order valence-corrected chi connectivity index (χ3v) is 5.51. The van der Waals surface area contributed by atoms with Crippen LogP contribution in [0.15, 0.2) is 0 Å². The molecule has 3 nitrogen and oxygen atoms in total. The van der Waals surface area contributed by atoms with Crippen LogP contribution in [0.4, 0.5) is 0 Å². The van der Waals surface area contributed by atoms with E-state index in [4.69, 9.17) is 5.73 Å².